The van der Waals surface area contributed by atoms with Crippen molar-refractivity contribution in [2.45, 2.75) is 126 Å². The maximum absolute atomic E-state index is 11.4. The maximum atomic E-state index is 11.4. The molecular weight excluding hydrogens is 420 g/mol. The van der Waals surface area contributed by atoms with Gasteiger partial charge in [0.15, 0.2) is 5.60 Å². The normalized spacial score (nSPS) is 14.9. The van der Waals surface area contributed by atoms with Crippen LogP contribution in [-0.4, -0.2) is 11.6 Å². The van der Waals surface area contributed by atoms with Gasteiger partial charge in [0, 0.05) is 6.92 Å². The Kier molecular flexibility index (Phi) is 12.8. The number of hydrogen-bond donors (Lipinski definition) is 0. The highest BCUT2D eigenvalue weighted by Gasteiger charge is 2.26. The van der Waals surface area contributed by atoms with Crippen molar-refractivity contribution in [3.63, 3.8) is 0 Å². The molecule has 0 heterocycles. The first-order chi connectivity index (χ1) is 15.9. The lowest BCUT2D eigenvalue weighted by molar-refractivity contribution is -0.132. The van der Waals surface area contributed by atoms with E-state index in [2.05, 4.69) is 33.6 Å². The van der Waals surface area contributed by atoms with Crippen LogP contribution < -0.4 is 9.47 Å². The molecule has 0 N–H and O–H groups in total. The molecule has 0 bridgehead atoms. The molecule has 0 aliphatic rings. The van der Waals surface area contributed by atoms with Crippen molar-refractivity contribution >= 4 is 5.97 Å². The second-order valence-corrected chi connectivity index (χ2v) is 11.2. The summed E-state index contributed by atoms with van der Waals surface area (Å²) in [4.78, 5) is 11.4. The van der Waals surface area contributed by atoms with Crippen LogP contribution in [0.2, 0.25) is 0 Å². The third-order valence-corrected chi connectivity index (χ3v) is 7.09. The van der Waals surface area contributed by atoms with Crippen LogP contribution in [0, 0.1) is 50.9 Å². The van der Waals surface area contributed by atoms with E-state index in [9.17, 15) is 4.79 Å². The van der Waals surface area contributed by atoms with E-state index in [1.54, 1.807) is 0 Å². The second kappa shape index (κ2) is 14.4. The second-order valence-electron chi connectivity index (χ2n) is 11.2. The zero-order valence-corrected chi connectivity index (χ0v) is 23.5. The summed E-state index contributed by atoms with van der Waals surface area (Å²) in [5.41, 5.74) is 2.09. The molecule has 1 aromatic rings. The van der Waals surface area contributed by atoms with E-state index in [-0.39, 0.29) is 5.97 Å². The molecule has 0 radical (unpaired) electrons. The van der Waals surface area contributed by atoms with Crippen LogP contribution >= 0.6 is 0 Å². The molecule has 2 unspecified atom stereocenters. The molecule has 34 heavy (non-hydrogen) atoms. The van der Waals surface area contributed by atoms with Crippen LogP contribution in [0.1, 0.15) is 116 Å². The van der Waals surface area contributed by atoms with Gasteiger partial charge in [0.25, 0.3) is 0 Å². The van der Waals surface area contributed by atoms with Gasteiger partial charge in [-0.05, 0) is 81.0 Å². The molecule has 0 spiro atoms. The largest absolute Gasteiger partial charge is 0.475 e. The Bertz CT molecular complexity index is 817. The van der Waals surface area contributed by atoms with E-state index in [0.29, 0.717) is 11.7 Å². The number of benzene rings is 1. The SMILES string of the molecule is C#C[C@@](C)(CCCC(C)CCCC(C)CCCC(C)C)Oc1cc(C)c(OC(C)=O)c(C)c1C. The highest BCUT2D eigenvalue weighted by molar-refractivity contribution is 5.71. The first-order valence-electron chi connectivity index (χ1n) is 13.3. The minimum Gasteiger partial charge on any atom is -0.475 e. The number of aryl methyl sites for hydroxylation is 1. The first-order valence-corrected chi connectivity index (χ1v) is 13.3. The molecule has 0 saturated heterocycles. The van der Waals surface area contributed by atoms with E-state index in [1.807, 2.05) is 33.8 Å². The standard InChI is InChI=1S/C31H50O3/c1-11-31(10,34-29-21-25(6)30(33-28(9)32)27(8)26(29)7)20-14-19-24(5)18-13-17-23(4)16-12-15-22(2)3/h1,21-24H,12-20H2,2-10H3/t23?,24?,31-/m0/s1. The Morgan fingerprint density at radius 1 is 0.941 bits per heavy atom. The average molecular weight is 471 g/mol. The number of hydrogen-bond acceptors (Lipinski definition) is 3. The van der Waals surface area contributed by atoms with Crippen LogP contribution in [0.15, 0.2) is 6.07 Å². The number of ether oxygens (including phenoxy) is 2. The van der Waals surface area contributed by atoms with Gasteiger partial charge in [-0.2, -0.15) is 0 Å². The van der Waals surface area contributed by atoms with Crippen LogP contribution in [0.4, 0.5) is 0 Å². The van der Waals surface area contributed by atoms with Gasteiger partial charge < -0.3 is 9.47 Å². The average Bonchev–Trinajstić information content (AvgIpc) is 2.74. The fourth-order valence-electron chi connectivity index (χ4n) is 4.59. The fourth-order valence-corrected chi connectivity index (χ4v) is 4.59. The van der Waals surface area contributed by atoms with Gasteiger partial charge in [0.05, 0.1) is 0 Å². The van der Waals surface area contributed by atoms with Gasteiger partial charge in [0.1, 0.15) is 11.5 Å². The van der Waals surface area contributed by atoms with Crippen LogP contribution in [0.25, 0.3) is 0 Å². The Labute approximate surface area is 210 Å². The van der Waals surface area contributed by atoms with Gasteiger partial charge >= 0.3 is 5.97 Å². The van der Waals surface area contributed by atoms with E-state index >= 15 is 0 Å². The predicted molar refractivity (Wildman–Crippen MR) is 145 cm³/mol. The molecule has 0 fully saturated rings. The summed E-state index contributed by atoms with van der Waals surface area (Å²) in [6, 6.07) is 1.93. The monoisotopic (exact) mass is 470 g/mol. The van der Waals surface area contributed by atoms with Crippen LogP contribution in [0.5, 0.6) is 11.5 Å². The van der Waals surface area contributed by atoms with Crippen molar-refractivity contribution in [1.29, 1.82) is 0 Å². The highest BCUT2D eigenvalue weighted by Crippen LogP contribution is 2.36. The van der Waals surface area contributed by atoms with E-state index in [1.165, 1.54) is 51.9 Å². The topological polar surface area (TPSA) is 35.5 Å². The molecular formula is C31H50O3. The van der Waals surface area contributed by atoms with E-state index in [4.69, 9.17) is 15.9 Å². The molecule has 0 aliphatic carbocycles. The fraction of sp³-hybridized carbons (Fsp3) is 0.710. The molecule has 0 saturated carbocycles. The quantitative estimate of drug-likeness (QED) is 0.146. The van der Waals surface area contributed by atoms with Crippen LogP contribution in [-0.2, 0) is 4.79 Å². The van der Waals surface area contributed by atoms with Gasteiger partial charge in [-0.1, -0.05) is 78.6 Å². The number of carbonyl (C=O) groups is 1. The predicted octanol–water partition coefficient (Wildman–Crippen LogP) is 8.75. The third kappa shape index (κ3) is 10.5. The number of carbonyl (C=O) groups excluding carboxylic acids is 1. The summed E-state index contributed by atoms with van der Waals surface area (Å²) in [6.07, 6.45) is 17.0. The summed E-state index contributed by atoms with van der Waals surface area (Å²) >= 11 is 0. The first kappa shape index (κ1) is 30.1. The number of esters is 1. The Hall–Kier alpha value is -1.95. The van der Waals surface area contributed by atoms with Crippen molar-refractivity contribution in [2.24, 2.45) is 17.8 Å². The summed E-state index contributed by atoms with van der Waals surface area (Å²) in [5.74, 6) is 6.33. The summed E-state index contributed by atoms with van der Waals surface area (Å²) in [7, 11) is 0. The molecule has 3 nitrogen and oxygen atoms in total. The minimum absolute atomic E-state index is 0.317. The Balaban J connectivity index is 2.55. The summed E-state index contributed by atoms with van der Waals surface area (Å²) in [6.45, 7) is 18.7. The van der Waals surface area contributed by atoms with Crippen molar-refractivity contribution in [1.82, 2.24) is 0 Å². The van der Waals surface area contributed by atoms with E-state index in [0.717, 1.165) is 47.1 Å². The molecule has 3 heteroatoms. The van der Waals surface area contributed by atoms with E-state index < -0.39 is 5.60 Å². The zero-order valence-electron chi connectivity index (χ0n) is 23.5. The molecule has 3 atom stereocenters. The molecule has 0 aromatic heterocycles. The molecule has 0 aliphatic heterocycles. The molecule has 0 amide bonds. The van der Waals surface area contributed by atoms with Crippen molar-refractivity contribution in [3.05, 3.63) is 22.8 Å². The lowest BCUT2D eigenvalue weighted by atomic mass is 9.90. The lowest BCUT2D eigenvalue weighted by Gasteiger charge is -2.28. The summed E-state index contributed by atoms with van der Waals surface area (Å²) in [5, 5.41) is 0. The van der Waals surface area contributed by atoms with Crippen molar-refractivity contribution in [2.75, 3.05) is 0 Å². The number of terminal acetylenes is 1. The maximum Gasteiger partial charge on any atom is 0.308 e. The van der Waals surface area contributed by atoms with Crippen LogP contribution in [0.3, 0.4) is 0 Å². The Morgan fingerprint density at radius 3 is 1.97 bits per heavy atom. The Morgan fingerprint density at radius 2 is 1.47 bits per heavy atom. The smallest absolute Gasteiger partial charge is 0.308 e. The van der Waals surface area contributed by atoms with Gasteiger partial charge in [0.2, 0.25) is 0 Å². The third-order valence-electron chi connectivity index (χ3n) is 7.09. The van der Waals surface area contributed by atoms with Crippen molar-refractivity contribution in [3.8, 4) is 23.8 Å². The zero-order chi connectivity index (χ0) is 25.9. The minimum atomic E-state index is -0.656. The molecule has 1 rings (SSSR count). The van der Waals surface area contributed by atoms with Gasteiger partial charge in [-0.3, -0.25) is 4.79 Å². The molecule has 192 valence electrons. The van der Waals surface area contributed by atoms with Crippen molar-refractivity contribution < 1.29 is 14.3 Å². The number of rotatable bonds is 15. The highest BCUT2D eigenvalue weighted by atomic mass is 16.5. The van der Waals surface area contributed by atoms with Gasteiger partial charge in [-0.25, -0.2) is 0 Å². The lowest BCUT2D eigenvalue weighted by Crippen LogP contribution is -2.31. The van der Waals surface area contributed by atoms with Gasteiger partial charge in [-0.15, -0.1) is 6.42 Å². The summed E-state index contributed by atoms with van der Waals surface area (Å²) < 4.78 is 11.8. The molecule has 1 aromatic carbocycles.